The van der Waals surface area contributed by atoms with E-state index in [0.29, 0.717) is 0 Å². The highest BCUT2D eigenvalue weighted by molar-refractivity contribution is 7.74. The van der Waals surface area contributed by atoms with Gasteiger partial charge in [0.15, 0.2) is 0 Å². The zero-order valence-electron chi connectivity index (χ0n) is 12.0. The zero-order valence-corrected chi connectivity index (χ0v) is 12.9. The molecule has 0 saturated heterocycles. The van der Waals surface area contributed by atoms with E-state index in [0.717, 1.165) is 0 Å². The van der Waals surface area contributed by atoms with E-state index in [1.165, 1.54) is 21.9 Å². The van der Waals surface area contributed by atoms with Crippen molar-refractivity contribution in [1.82, 2.24) is 0 Å². The van der Waals surface area contributed by atoms with E-state index in [2.05, 4.69) is 96.9 Å². The Labute approximate surface area is 127 Å². The Morgan fingerprint density at radius 1 is 0.619 bits per heavy atom. The third-order valence-corrected chi connectivity index (χ3v) is 5.43. The van der Waals surface area contributed by atoms with Crippen LogP contribution in [-0.4, -0.2) is 0 Å². The first-order valence-electron chi connectivity index (χ1n) is 7.06. The van der Waals surface area contributed by atoms with E-state index >= 15 is 0 Å². The highest BCUT2D eigenvalue weighted by atomic mass is 31.1. The van der Waals surface area contributed by atoms with Gasteiger partial charge in [-0.3, -0.25) is 0 Å². The number of hydrogen-bond donors (Lipinski definition) is 1. The molecule has 2 heteroatoms. The molecule has 0 spiro atoms. The minimum Gasteiger partial charge on any atom is -0.357 e. The van der Waals surface area contributed by atoms with Crippen molar-refractivity contribution in [3.63, 3.8) is 0 Å². The average Bonchev–Trinajstić information content (AvgIpc) is 2.56. The maximum absolute atomic E-state index is 3.70. The van der Waals surface area contributed by atoms with Gasteiger partial charge < -0.3 is 5.09 Å². The van der Waals surface area contributed by atoms with Crippen LogP contribution in [0.25, 0.3) is 0 Å². The van der Waals surface area contributed by atoms with Crippen LogP contribution in [0.2, 0.25) is 0 Å². The molecule has 3 rings (SSSR count). The summed E-state index contributed by atoms with van der Waals surface area (Å²) in [6.07, 6.45) is 0. The zero-order chi connectivity index (χ0) is 14.5. The van der Waals surface area contributed by atoms with Crippen molar-refractivity contribution in [3.05, 3.63) is 90.5 Å². The average molecular weight is 291 g/mol. The summed E-state index contributed by atoms with van der Waals surface area (Å²) in [6.45, 7) is 2.11. The van der Waals surface area contributed by atoms with Gasteiger partial charge in [-0.25, -0.2) is 0 Å². The van der Waals surface area contributed by atoms with Crippen molar-refractivity contribution in [2.45, 2.75) is 6.92 Å². The van der Waals surface area contributed by atoms with Gasteiger partial charge in [-0.05, 0) is 19.1 Å². The van der Waals surface area contributed by atoms with E-state index in [4.69, 9.17) is 0 Å². The van der Waals surface area contributed by atoms with E-state index < -0.39 is 8.07 Å². The summed E-state index contributed by atoms with van der Waals surface area (Å²) in [4.78, 5) is 0. The number of benzene rings is 3. The molecule has 0 aliphatic rings. The molecule has 1 N–H and O–H groups in total. The van der Waals surface area contributed by atoms with Crippen molar-refractivity contribution in [2.24, 2.45) is 0 Å². The normalized spacial score (nSPS) is 10.6. The van der Waals surface area contributed by atoms with E-state index in [-0.39, 0.29) is 0 Å². The van der Waals surface area contributed by atoms with E-state index in [1.54, 1.807) is 0 Å². The SMILES string of the molecule is Cc1ccc(NP(c2ccccc2)c2ccccc2)cc1. The minimum absolute atomic E-state index is 0.587. The van der Waals surface area contributed by atoms with Crippen molar-refractivity contribution in [1.29, 1.82) is 0 Å². The highest BCUT2D eigenvalue weighted by Crippen LogP contribution is 2.34. The van der Waals surface area contributed by atoms with Gasteiger partial charge >= 0.3 is 0 Å². The Balaban J connectivity index is 1.95. The summed E-state index contributed by atoms with van der Waals surface area (Å²) in [5.74, 6) is 0. The molecule has 0 heterocycles. The Kier molecular flexibility index (Phi) is 4.33. The second-order valence-electron chi connectivity index (χ2n) is 4.98. The fourth-order valence-electron chi connectivity index (χ4n) is 2.19. The predicted octanol–water partition coefficient (Wildman–Crippen LogP) is 4.45. The maximum Gasteiger partial charge on any atom is 0.0522 e. The standard InChI is InChI=1S/C19H18NP/c1-16-12-14-17(15-13-16)20-21(18-8-4-2-5-9-18)19-10-6-3-7-11-19/h2-15,20H,1H3. The number of anilines is 1. The molecular weight excluding hydrogens is 273 g/mol. The quantitative estimate of drug-likeness (QED) is 0.700. The topological polar surface area (TPSA) is 12.0 Å². The van der Waals surface area contributed by atoms with Crippen LogP contribution in [0.5, 0.6) is 0 Å². The molecule has 0 saturated carbocycles. The Morgan fingerprint density at radius 2 is 1.10 bits per heavy atom. The molecule has 1 nitrogen and oxygen atoms in total. The number of rotatable bonds is 4. The molecule has 0 aliphatic carbocycles. The summed E-state index contributed by atoms with van der Waals surface area (Å²) in [7, 11) is -0.587. The fraction of sp³-hybridized carbons (Fsp3) is 0.0526. The molecule has 0 radical (unpaired) electrons. The van der Waals surface area contributed by atoms with Gasteiger partial charge in [0.05, 0.1) is 8.07 Å². The molecule has 0 unspecified atom stereocenters. The molecule has 3 aromatic rings. The van der Waals surface area contributed by atoms with Crippen LogP contribution in [0.15, 0.2) is 84.9 Å². The largest absolute Gasteiger partial charge is 0.357 e. The van der Waals surface area contributed by atoms with Crippen LogP contribution in [0.4, 0.5) is 5.69 Å². The fourth-order valence-corrected chi connectivity index (χ4v) is 4.09. The van der Waals surface area contributed by atoms with Crippen molar-refractivity contribution >= 4 is 24.4 Å². The molecule has 0 amide bonds. The molecule has 0 aromatic heterocycles. The van der Waals surface area contributed by atoms with E-state index in [1.807, 2.05) is 0 Å². The molecule has 104 valence electrons. The van der Waals surface area contributed by atoms with Gasteiger partial charge in [0, 0.05) is 16.3 Å². The predicted molar refractivity (Wildman–Crippen MR) is 93.9 cm³/mol. The molecule has 0 aliphatic heterocycles. The van der Waals surface area contributed by atoms with Crippen LogP contribution >= 0.6 is 8.07 Å². The second kappa shape index (κ2) is 6.56. The molecule has 3 aromatic carbocycles. The summed E-state index contributed by atoms with van der Waals surface area (Å²) in [5.41, 5.74) is 2.45. The Morgan fingerprint density at radius 3 is 1.57 bits per heavy atom. The lowest BCUT2D eigenvalue weighted by atomic mass is 10.2. The third-order valence-electron chi connectivity index (χ3n) is 3.32. The van der Waals surface area contributed by atoms with Crippen molar-refractivity contribution in [3.8, 4) is 0 Å². The maximum atomic E-state index is 3.70. The molecular formula is C19H18NP. The summed E-state index contributed by atoms with van der Waals surface area (Å²) in [6, 6.07) is 29.9. The lowest BCUT2D eigenvalue weighted by molar-refractivity contribution is 1.47. The monoisotopic (exact) mass is 291 g/mol. The molecule has 0 bridgehead atoms. The Hall–Kier alpha value is -2.11. The minimum atomic E-state index is -0.587. The first kappa shape index (κ1) is 13.9. The van der Waals surface area contributed by atoms with Crippen molar-refractivity contribution in [2.75, 3.05) is 5.09 Å². The molecule has 21 heavy (non-hydrogen) atoms. The van der Waals surface area contributed by atoms with Gasteiger partial charge in [0.25, 0.3) is 0 Å². The van der Waals surface area contributed by atoms with Gasteiger partial charge in [0.1, 0.15) is 0 Å². The second-order valence-corrected chi connectivity index (χ2v) is 6.91. The lowest BCUT2D eigenvalue weighted by Gasteiger charge is -2.21. The first-order valence-corrected chi connectivity index (χ1v) is 8.41. The number of nitrogens with one attached hydrogen (secondary N) is 1. The smallest absolute Gasteiger partial charge is 0.0522 e. The van der Waals surface area contributed by atoms with Gasteiger partial charge in [-0.2, -0.15) is 0 Å². The van der Waals surface area contributed by atoms with Crippen LogP contribution in [0.3, 0.4) is 0 Å². The van der Waals surface area contributed by atoms with E-state index in [9.17, 15) is 0 Å². The first-order chi connectivity index (χ1) is 10.3. The summed E-state index contributed by atoms with van der Waals surface area (Å²) < 4.78 is 0. The van der Waals surface area contributed by atoms with Gasteiger partial charge in [0.2, 0.25) is 0 Å². The number of hydrogen-bond acceptors (Lipinski definition) is 1. The summed E-state index contributed by atoms with van der Waals surface area (Å²) >= 11 is 0. The van der Waals surface area contributed by atoms with Crippen LogP contribution in [0.1, 0.15) is 5.56 Å². The van der Waals surface area contributed by atoms with Crippen LogP contribution in [0, 0.1) is 6.92 Å². The Bertz CT molecular complexity index is 638. The summed E-state index contributed by atoms with van der Waals surface area (Å²) in [5, 5.41) is 6.37. The van der Waals surface area contributed by atoms with Crippen LogP contribution in [-0.2, 0) is 0 Å². The lowest BCUT2D eigenvalue weighted by Crippen LogP contribution is -2.16. The molecule has 0 atom stereocenters. The molecule has 0 fully saturated rings. The third kappa shape index (κ3) is 3.51. The van der Waals surface area contributed by atoms with Gasteiger partial charge in [-0.15, -0.1) is 0 Å². The van der Waals surface area contributed by atoms with Crippen LogP contribution < -0.4 is 15.7 Å². The highest BCUT2D eigenvalue weighted by Gasteiger charge is 2.13. The van der Waals surface area contributed by atoms with Gasteiger partial charge in [-0.1, -0.05) is 78.4 Å². The number of aryl methyl sites for hydroxylation is 1. The van der Waals surface area contributed by atoms with Crippen molar-refractivity contribution < 1.29 is 0 Å².